The lowest BCUT2D eigenvalue weighted by Crippen LogP contribution is -1.87. The van der Waals surface area contributed by atoms with Gasteiger partial charge in [0.15, 0.2) is 0 Å². The summed E-state index contributed by atoms with van der Waals surface area (Å²) < 4.78 is 0. The second kappa shape index (κ2) is 4.30. The highest BCUT2D eigenvalue weighted by Crippen LogP contribution is 2.25. The van der Waals surface area contributed by atoms with Crippen molar-refractivity contribution in [3.05, 3.63) is 41.2 Å². The number of hydrogen-bond donors (Lipinski definition) is 1. The van der Waals surface area contributed by atoms with E-state index < -0.39 is 0 Å². The number of nitrogens with zero attached hydrogens (tertiary/aromatic N) is 1. The first-order valence-electron chi connectivity index (χ1n) is 5.35. The lowest BCUT2D eigenvalue weighted by molar-refractivity contribution is 0.998. The minimum Gasteiger partial charge on any atom is -0.342 e. The predicted molar refractivity (Wildman–Crippen MR) is 67.8 cm³/mol. The van der Waals surface area contributed by atoms with Gasteiger partial charge in [-0.3, -0.25) is 0 Å². The first-order chi connectivity index (χ1) is 7.58. The van der Waals surface area contributed by atoms with Gasteiger partial charge < -0.3 is 4.98 Å². The monoisotopic (exact) mass is 234 g/mol. The molecule has 3 heteroatoms. The van der Waals surface area contributed by atoms with Gasteiger partial charge in [0.25, 0.3) is 0 Å². The van der Waals surface area contributed by atoms with E-state index in [9.17, 15) is 0 Å². The summed E-state index contributed by atoms with van der Waals surface area (Å²) in [6.07, 6.45) is 0. The zero-order valence-corrected chi connectivity index (χ0v) is 10.5. The van der Waals surface area contributed by atoms with E-state index in [-0.39, 0.29) is 5.38 Å². The SMILES string of the molecule is Cc1cccc(-c2nc(C(C)Cl)c(C)[nH]2)c1. The predicted octanol–water partition coefficient (Wildman–Crippen LogP) is 3.99. The first-order valence-corrected chi connectivity index (χ1v) is 5.79. The topological polar surface area (TPSA) is 28.7 Å². The molecule has 0 saturated carbocycles. The van der Waals surface area contributed by atoms with E-state index in [1.807, 2.05) is 26.0 Å². The fraction of sp³-hybridized carbons (Fsp3) is 0.308. The largest absolute Gasteiger partial charge is 0.342 e. The number of halogens is 1. The van der Waals surface area contributed by atoms with Crippen LogP contribution >= 0.6 is 11.6 Å². The van der Waals surface area contributed by atoms with Gasteiger partial charge in [0.05, 0.1) is 11.1 Å². The summed E-state index contributed by atoms with van der Waals surface area (Å²) in [5.74, 6) is 0.892. The average molecular weight is 235 g/mol. The molecular formula is C13H15ClN2. The van der Waals surface area contributed by atoms with Crippen molar-refractivity contribution < 1.29 is 0 Å². The number of hydrogen-bond acceptors (Lipinski definition) is 1. The second-order valence-electron chi connectivity index (χ2n) is 4.08. The molecule has 1 atom stereocenters. The quantitative estimate of drug-likeness (QED) is 0.782. The Morgan fingerprint density at radius 2 is 2.06 bits per heavy atom. The number of imidazole rings is 1. The van der Waals surface area contributed by atoms with Crippen molar-refractivity contribution in [2.75, 3.05) is 0 Å². The molecule has 0 radical (unpaired) electrons. The number of alkyl halides is 1. The third kappa shape index (κ3) is 2.12. The fourth-order valence-electron chi connectivity index (χ4n) is 1.79. The zero-order chi connectivity index (χ0) is 11.7. The molecular weight excluding hydrogens is 220 g/mol. The van der Waals surface area contributed by atoms with E-state index in [1.54, 1.807) is 0 Å². The Balaban J connectivity index is 2.45. The molecule has 1 heterocycles. The van der Waals surface area contributed by atoms with Crippen molar-refractivity contribution >= 4 is 11.6 Å². The number of aromatic amines is 1. The summed E-state index contributed by atoms with van der Waals surface area (Å²) in [6, 6.07) is 8.27. The molecule has 2 rings (SSSR count). The molecule has 0 bridgehead atoms. The van der Waals surface area contributed by atoms with E-state index in [0.717, 1.165) is 22.8 Å². The third-order valence-electron chi connectivity index (χ3n) is 2.59. The molecule has 0 saturated heterocycles. The Morgan fingerprint density at radius 1 is 1.31 bits per heavy atom. The van der Waals surface area contributed by atoms with Crippen LogP contribution in [0.5, 0.6) is 0 Å². The Bertz CT molecular complexity index is 500. The molecule has 0 aliphatic heterocycles. The molecule has 0 aliphatic carbocycles. The van der Waals surface area contributed by atoms with Crippen molar-refractivity contribution in [1.82, 2.24) is 9.97 Å². The maximum absolute atomic E-state index is 6.06. The van der Waals surface area contributed by atoms with E-state index >= 15 is 0 Å². The highest BCUT2D eigenvalue weighted by molar-refractivity contribution is 6.20. The van der Waals surface area contributed by atoms with Gasteiger partial charge in [-0.1, -0.05) is 23.8 Å². The van der Waals surface area contributed by atoms with Gasteiger partial charge in [-0.2, -0.15) is 0 Å². The van der Waals surface area contributed by atoms with E-state index in [2.05, 4.69) is 29.0 Å². The van der Waals surface area contributed by atoms with E-state index in [0.29, 0.717) is 0 Å². The van der Waals surface area contributed by atoms with Gasteiger partial charge in [-0.05, 0) is 26.8 Å². The third-order valence-corrected chi connectivity index (χ3v) is 2.80. The smallest absolute Gasteiger partial charge is 0.137 e. The lowest BCUT2D eigenvalue weighted by atomic mass is 10.1. The second-order valence-corrected chi connectivity index (χ2v) is 4.74. The summed E-state index contributed by atoms with van der Waals surface area (Å²) >= 11 is 6.06. The van der Waals surface area contributed by atoms with E-state index in [1.165, 1.54) is 5.56 Å². The minimum atomic E-state index is -0.0604. The van der Waals surface area contributed by atoms with Crippen LogP contribution in [0.25, 0.3) is 11.4 Å². The Labute approximate surface area is 101 Å². The highest BCUT2D eigenvalue weighted by atomic mass is 35.5. The van der Waals surface area contributed by atoms with Crippen LogP contribution in [0.2, 0.25) is 0 Å². The summed E-state index contributed by atoms with van der Waals surface area (Å²) in [6.45, 7) is 6.01. The molecule has 2 nitrogen and oxygen atoms in total. The molecule has 0 fully saturated rings. The van der Waals surface area contributed by atoms with Crippen LogP contribution in [-0.4, -0.2) is 9.97 Å². The van der Waals surface area contributed by atoms with Crippen LogP contribution in [0, 0.1) is 13.8 Å². The Kier molecular flexibility index (Phi) is 3.01. The van der Waals surface area contributed by atoms with Gasteiger partial charge >= 0.3 is 0 Å². The van der Waals surface area contributed by atoms with Crippen LogP contribution in [-0.2, 0) is 0 Å². The number of rotatable bonds is 2. The molecule has 84 valence electrons. The van der Waals surface area contributed by atoms with Gasteiger partial charge in [0.1, 0.15) is 5.82 Å². The average Bonchev–Trinajstić information content (AvgIpc) is 2.60. The minimum absolute atomic E-state index is 0.0604. The number of H-pyrrole nitrogens is 1. The van der Waals surface area contributed by atoms with Gasteiger partial charge in [0.2, 0.25) is 0 Å². The molecule has 0 aliphatic rings. The van der Waals surface area contributed by atoms with Crippen LogP contribution in [0.15, 0.2) is 24.3 Å². The fourth-order valence-corrected chi connectivity index (χ4v) is 2.00. The summed E-state index contributed by atoms with van der Waals surface area (Å²) in [5, 5.41) is -0.0604. The maximum atomic E-state index is 6.06. The van der Waals surface area contributed by atoms with E-state index in [4.69, 9.17) is 11.6 Å². The highest BCUT2D eigenvalue weighted by Gasteiger charge is 2.12. The molecule has 1 aromatic heterocycles. The molecule has 1 N–H and O–H groups in total. The Morgan fingerprint density at radius 3 is 2.62 bits per heavy atom. The molecule has 1 unspecified atom stereocenters. The van der Waals surface area contributed by atoms with Crippen LogP contribution < -0.4 is 0 Å². The molecule has 2 aromatic rings. The van der Waals surface area contributed by atoms with Crippen molar-refractivity contribution in [1.29, 1.82) is 0 Å². The van der Waals surface area contributed by atoms with Crippen LogP contribution in [0.4, 0.5) is 0 Å². The van der Waals surface area contributed by atoms with Crippen molar-refractivity contribution in [3.8, 4) is 11.4 Å². The van der Waals surface area contributed by atoms with Gasteiger partial charge in [-0.15, -0.1) is 11.6 Å². The van der Waals surface area contributed by atoms with Crippen molar-refractivity contribution in [3.63, 3.8) is 0 Å². The summed E-state index contributed by atoms with van der Waals surface area (Å²) in [7, 11) is 0. The van der Waals surface area contributed by atoms with Gasteiger partial charge in [0, 0.05) is 11.3 Å². The molecule has 0 spiro atoms. The standard InChI is InChI=1S/C13H15ClN2/c1-8-5-4-6-11(7-8)13-15-10(3)12(16-13)9(2)14/h4-7,9H,1-3H3,(H,15,16). The lowest BCUT2D eigenvalue weighted by Gasteiger charge is -1.98. The number of benzene rings is 1. The molecule has 0 amide bonds. The zero-order valence-electron chi connectivity index (χ0n) is 9.71. The van der Waals surface area contributed by atoms with Crippen molar-refractivity contribution in [2.24, 2.45) is 0 Å². The number of aryl methyl sites for hydroxylation is 2. The van der Waals surface area contributed by atoms with Gasteiger partial charge in [-0.25, -0.2) is 4.98 Å². The summed E-state index contributed by atoms with van der Waals surface area (Å²) in [4.78, 5) is 7.81. The Hall–Kier alpha value is -1.28. The van der Waals surface area contributed by atoms with Crippen molar-refractivity contribution in [2.45, 2.75) is 26.1 Å². The molecule has 16 heavy (non-hydrogen) atoms. The normalized spacial score (nSPS) is 12.8. The molecule has 1 aromatic carbocycles. The number of nitrogens with one attached hydrogen (secondary N) is 1. The van der Waals surface area contributed by atoms with Crippen LogP contribution in [0.3, 0.4) is 0 Å². The number of aromatic nitrogens is 2. The first kappa shape index (κ1) is 11.2. The maximum Gasteiger partial charge on any atom is 0.137 e. The summed E-state index contributed by atoms with van der Waals surface area (Å²) in [5.41, 5.74) is 4.30. The van der Waals surface area contributed by atoms with Crippen LogP contribution in [0.1, 0.15) is 29.3 Å².